The van der Waals surface area contributed by atoms with Gasteiger partial charge in [0.1, 0.15) is 17.5 Å². The number of carbonyl (C=O) groups is 1. The summed E-state index contributed by atoms with van der Waals surface area (Å²) in [5.41, 5.74) is 1.58. The van der Waals surface area contributed by atoms with Crippen LogP contribution in [0.1, 0.15) is 38.2 Å². The highest BCUT2D eigenvalue weighted by Gasteiger charge is 2.26. The number of anilines is 2. The van der Waals surface area contributed by atoms with Crippen molar-refractivity contribution in [3.05, 3.63) is 47.7 Å². The van der Waals surface area contributed by atoms with Crippen LogP contribution in [0.5, 0.6) is 0 Å². The second-order valence-electron chi connectivity index (χ2n) is 7.58. The summed E-state index contributed by atoms with van der Waals surface area (Å²) in [5.74, 6) is 1.71. The predicted molar refractivity (Wildman–Crippen MR) is 109 cm³/mol. The van der Waals surface area contributed by atoms with E-state index in [0.29, 0.717) is 5.69 Å². The van der Waals surface area contributed by atoms with Gasteiger partial charge in [0.05, 0.1) is 6.04 Å². The van der Waals surface area contributed by atoms with Crippen molar-refractivity contribution in [2.45, 2.75) is 39.7 Å². The van der Waals surface area contributed by atoms with Gasteiger partial charge in [-0.1, -0.05) is 13.8 Å². The molecule has 3 rings (SSSR count). The maximum Gasteiger partial charge on any atom is 0.241 e. The van der Waals surface area contributed by atoms with Gasteiger partial charge in [-0.3, -0.25) is 9.69 Å². The average molecular weight is 385 g/mol. The first-order valence-corrected chi connectivity index (χ1v) is 9.74. The van der Waals surface area contributed by atoms with E-state index in [4.69, 9.17) is 4.98 Å². The molecule has 1 aliphatic heterocycles. The standard InChI is InChI=1S/C21H28FN5O/c1-14(2)20-23-15(3)13-19(25-20)27-11-9-26(10-12-27)16(4)21(28)24-18-7-5-17(22)6-8-18/h5-8,13-14,16H,9-12H2,1-4H3,(H,24,28). The van der Waals surface area contributed by atoms with Crippen LogP contribution < -0.4 is 10.2 Å². The molecule has 2 heterocycles. The number of carbonyl (C=O) groups excluding carboxylic acids is 1. The second-order valence-corrected chi connectivity index (χ2v) is 7.58. The number of nitrogens with zero attached hydrogens (tertiary/aromatic N) is 4. The Morgan fingerprint density at radius 3 is 2.32 bits per heavy atom. The smallest absolute Gasteiger partial charge is 0.241 e. The van der Waals surface area contributed by atoms with Crippen molar-refractivity contribution in [3.63, 3.8) is 0 Å². The quantitative estimate of drug-likeness (QED) is 0.856. The van der Waals surface area contributed by atoms with Crippen LogP contribution in [0.25, 0.3) is 0 Å². The SMILES string of the molecule is Cc1cc(N2CCN(C(C)C(=O)Nc3ccc(F)cc3)CC2)nc(C(C)C)n1. The molecule has 150 valence electrons. The summed E-state index contributed by atoms with van der Waals surface area (Å²) < 4.78 is 13.0. The summed E-state index contributed by atoms with van der Waals surface area (Å²) in [6.07, 6.45) is 0. The minimum absolute atomic E-state index is 0.0833. The molecular weight excluding hydrogens is 357 g/mol. The van der Waals surface area contributed by atoms with E-state index >= 15 is 0 Å². The first kappa shape index (κ1) is 20.2. The van der Waals surface area contributed by atoms with E-state index in [-0.39, 0.29) is 23.7 Å². The normalized spacial score (nSPS) is 16.3. The van der Waals surface area contributed by atoms with Crippen LogP contribution in [0.2, 0.25) is 0 Å². The lowest BCUT2D eigenvalue weighted by atomic mass is 10.2. The fourth-order valence-corrected chi connectivity index (χ4v) is 3.28. The van der Waals surface area contributed by atoms with Gasteiger partial charge < -0.3 is 10.2 Å². The van der Waals surface area contributed by atoms with E-state index in [2.05, 4.69) is 33.9 Å². The first-order valence-electron chi connectivity index (χ1n) is 9.74. The molecule has 1 atom stereocenters. The van der Waals surface area contributed by atoms with Crippen LogP contribution in [-0.2, 0) is 4.79 Å². The molecule has 1 amide bonds. The van der Waals surface area contributed by atoms with Gasteiger partial charge >= 0.3 is 0 Å². The molecule has 28 heavy (non-hydrogen) atoms. The van der Waals surface area contributed by atoms with Gasteiger partial charge in [0.15, 0.2) is 0 Å². The molecule has 0 saturated carbocycles. The first-order chi connectivity index (χ1) is 13.3. The Labute approximate surface area is 165 Å². The van der Waals surface area contributed by atoms with Gasteiger partial charge in [0.2, 0.25) is 5.91 Å². The summed E-state index contributed by atoms with van der Waals surface area (Å²) in [6, 6.07) is 7.59. The number of hydrogen-bond donors (Lipinski definition) is 1. The third-order valence-corrected chi connectivity index (χ3v) is 5.05. The lowest BCUT2D eigenvalue weighted by Gasteiger charge is -2.38. The molecule has 0 radical (unpaired) electrons. The van der Waals surface area contributed by atoms with Crippen molar-refractivity contribution in [2.75, 3.05) is 36.4 Å². The summed E-state index contributed by atoms with van der Waals surface area (Å²) in [7, 11) is 0. The van der Waals surface area contributed by atoms with E-state index in [1.54, 1.807) is 12.1 Å². The number of piperazine rings is 1. The van der Waals surface area contributed by atoms with Crippen LogP contribution in [0.3, 0.4) is 0 Å². The van der Waals surface area contributed by atoms with Gasteiger partial charge in [-0.05, 0) is 38.1 Å². The molecule has 1 N–H and O–H groups in total. The number of nitrogens with one attached hydrogen (secondary N) is 1. The number of halogens is 1. The fraction of sp³-hybridized carbons (Fsp3) is 0.476. The average Bonchev–Trinajstić information content (AvgIpc) is 2.68. The second kappa shape index (κ2) is 8.65. The van der Waals surface area contributed by atoms with Gasteiger partial charge in [-0.25, -0.2) is 14.4 Å². The molecule has 1 unspecified atom stereocenters. The molecule has 0 bridgehead atoms. The van der Waals surface area contributed by atoms with Crippen molar-refractivity contribution in [2.24, 2.45) is 0 Å². The molecule has 1 fully saturated rings. The van der Waals surface area contributed by atoms with E-state index in [9.17, 15) is 9.18 Å². The summed E-state index contributed by atoms with van der Waals surface area (Å²) in [4.78, 5) is 26.2. The Hall–Kier alpha value is -2.54. The molecule has 1 saturated heterocycles. The van der Waals surface area contributed by atoms with Crippen molar-refractivity contribution < 1.29 is 9.18 Å². The van der Waals surface area contributed by atoms with E-state index < -0.39 is 0 Å². The van der Waals surface area contributed by atoms with Crippen molar-refractivity contribution in [3.8, 4) is 0 Å². The number of aromatic nitrogens is 2. The monoisotopic (exact) mass is 385 g/mol. The number of rotatable bonds is 5. The number of hydrogen-bond acceptors (Lipinski definition) is 5. The Kier molecular flexibility index (Phi) is 6.24. The Bertz CT molecular complexity index is 816. The minimum Gasteiger partial charge on any atom is -0.354 e. The maximum atomic E-state index is 13.0. The highest BCUT2D eigenvalue weighted by atomic mass is 19.1. The summed E-state index contributed by atoms with van der Waals surface area (Å²) in [5, 5.41) is 2.85. The minimum atomic E-state index is -0.317. The molecule has 6 nitrogen and oxygen atoms in total. The maximum absolute atomic E-state index is 13.0. The van der Waals surface area contributed by atoms with Crippen LogP contribution in [0.4, 0.5) is 15.9 Å². The van der Waals surface area contributed by atoms with Crippen molar-refractivity contribution in [1.82, 2.24) is 14.9 Å². The van der Waals surface area contributed by atoms with Crippen molar-refractivity contribution >= 4 is 17.4 Å². The number of aryl methyl sites for hydroxylation is 1. The van der Waals surface area contributed by atoms with Gasteiger partial charge in [-0.2, -0.15) is 0 Å². The van der Waals surface area contributed by atoms with Gasteiger partial charge in [0.25, 0.3) is 0 Å². The zero-order valence-electron chi connectivity index (χ0n) is 16.9. The molecule has 1 aromatic heterocycles. The Balaban J connectivity index is 1.58. The molecule has 1 aliphatic rings. The molecule has 2 aromatic rings. The lowest BCUT2D eigenvalue weighted by molar-refractivity contribution is -0.120. The van der Waals surface area contributed by atoms with Crippen LogP contribution >= 0.6 is 0 Å². The fourth-order valence-electron chi connectivity index (χ4n) is 3.28. The predicted octanol–water partition coefficient (Wildman–Crippen LogP) is 3.20. The molecule has 1 aromatic carbocycles. The Morgan fingerprint density at radius 2 is 1.71 bits per heavy atom. The largest absolute Gasteiger partial charge is 0.354 e. The van der Waals surface area contributed by atoms with E-state index in [0.717, 1.165) is 43.5 Å². The zero-order valence-corrected chi connectivity index (χ0v) is 16.9. The molecular formula is C21H28FN5O. The topological polar surface area (TPSA) is 61.4 Å². The Morgan fingerprint density at radius 1 is 1.07 bits per heavy atom. The summed E-state index contributed by atoms with van der Waals surface area (Å²) in [6.45, 7) is 11.3. The zero-order chi connectivity index (χ0) is 20.3. The molecule has 0 spiro atoms. The van der Waals surface area contributed by atoms with Crippen LogP contribution in [0, 0.1) is 12.7 Å². The van der Waals surface area contributed by atoms with Gasteiger partial charge in [-0.15, -0.1) is 0 Å². The summed E-state index contributed by atoms with van der Waals surface area (Å²) >= 11 is 0. The van der Waals surface area contributed by atoms with E-state index in [1.165, 1.54) is 12.1 Å². The highest BCUT2D eigenvalue weighted by Crippen LogP contribution is 2.19. The molecule has 7 heteroatoms. The van der Waals surface area contributed by atoms with Gasteiger partial charge in [0, 0.05) is 49.5 Å². The third-order valence-electron chi connectivity index (χ3n) is 5.05. The van der Waals surface area contributed by atoms with E-state index in [1.807, 2.05) is 19.9 Å². The third kappa shape index (κ3) is 4.84. The number of benzene rings is 1. The number of amides is 1. The highest BCUT2D eigenvalue weighted by molar-refractivity contribution is 5.94. The lowest BCUT2D eigenvalue weighted by Crippen LogP contribution is -2.53. The molecule has 0 aliphatic carbocycles. The van der Waals surface area contributed by atoms with Crippen LogP contribution in [-0.4, -0.2) is 53.0 Å². The van der Waals surface area contributed by atoms with Crippen LogP contribution in [0.15, 0.2) is 30.3 Å². The van der Waals surface area contributed by atoms with Crippen molar-refractivity contribution in [1.29, 1.82) is 0 Å².